The molecule has 6 nitrogen and oxygen atoms in total. The van der Waals surface area contributed by atoms with Crippen LogP contribution in [0.1, 0.15) is 0 Å². The van der Waals surface area contributed by atoms with E-state index in [1.165, 1.54) is 6.33 Å². The lowest BCUT2D eigenvalue weighted by atomic mass is 10.5. The van der Waals surface area contributed by atoms with Gasteiger partial charge in [-0.15, -0.1) is 0 Å². The zero-order valence-electron chi connectivity index (χ0n) is 6.29. The molecule has 0 aliphatic carbocycles. The maximum Gasteiger partial charge on any atom is 0.383 e. The molecule has 12 heavy (non-hydrogen) atoms. The van der Waals surface area contributed by atoms with Crippen LogP contribution < -0.4 is 11.2 Å². The van der Waals surface area contributed by atoms with E-state index < -0.39 is 5.69 Å². The molecule has 2 rings (SSSR count). The highest BCUT2D eigenvalue weighted by Gasteiger charge is 2.03. The molecule has 2 heterocycles. The molecule has 0 radical (unpaired) electrons. The maximum atomic E-state index is 11.3. The molecule has 2 aromatic rings. The van der Waals surface area contributed by atoms with Crippen LogP contribution in [0.3, 0.4) is 0 Å². The van der Waals surface area contributed by atoms with Crippen molar-refractivity contribution in [2.45, 2.75) is 0 Å². The monoisotopic (exact) mass is 180 g/mol. The number of H-pyrrole nitrogens is 2. The summed E-state index contributed by atoms with van der Waals surface area (Å²) in [6.45, 7) is 0. The number of aromatic amines is 2. The number of aromatic nitrogens is 4. The minimum Gasteiger partial charge on any atom is -0.363 e. The summed E-state index contributed by atoms with van der Waals surface area (Å²) < 4.78 is 1.13. The van der Waals surface area contributed by atoms with Crippen LogP contribution >= 0.6 is 0 Å². The van der Waals surface area contributed by atoms with Gasteiger partial charge in [0.05, 0.1) is 6.33 Å². The second-order valence-corrected chi connectivity index (χ2v) is 3.31. The SMILES string of the molecule is O=c1[nH]c2nc[nH]c2c(=O)[n]1[AlH2]. The highest BCUT2D eigenvalue weighted by Crippen LogP contribution is 1.93. The van der Waals surface area contributed by atoms with E-state index in [9.17, 15) is 9.59 Å². The molecule has 2 aromatic heterocycles. The van der Waals surface area contributed by atoms with E-state index in [4.69, 9.17) is 0 Å². The number of hydrogen-bond acceptors (Lipinski definition) is 3. The molecule has 0 bridgehead atoms. The molecule has 0 amide bonds. The van der Waals surface area contributed by atoms with Crippen molar-refractivity contribution in [3.05, 3.63) is 27.2 Å². The van der Waals surface area contributed by atoms with E-state index >= 15 is 0 Å². The van der Waals surface area contributed by atoms with Gasteiger partial charge in [0.2, 0.25) is 0 Å². The summed E-state index contributed by atoms with van der Waals surface area (Å²) >= 11 is 0.372. The number of nitrogens with one attached hydrogen (secondary N) is 2. The summed E-state index contributed by atoms with van der Waals surface area (Å²) in [5.74, 6) is 0. The average Bonchev–Trinajstić information content (AvgIpc) is 2.48. The van der Waals surface area contributed by atoms with Crippen molar-refractivity contribution in [3.63, 3.8) is 0 Å². The van der Waals surface area contributed by atoms with Gasteiger partial charge >= 0.3 is 22.2 Å². The number of hydrogen-bond donors (Lipinski definition) is 2. The van der Waals surface area contributed by atoms with Gasteiger partial charge in [0.15, 0.2) is 5.65 Å². The van der Waals surface area contributed by atoms with Crippen LogP contribution in [-0.2, 0) is 0 Å². The summed E-state index contributed by atoms with van der Waals surface area (Å²) in [6, 6.07) is 0. The van der Waals surface area contributed by atoms with E-state index in [0.717, 1.165) is 3.55 Å². The van der Waals surface area contributed by atoms with Crippen LogP contribution in [-0.4, -0.2) is 35.0 Å². The van der Waals surface area contributed by atoms with Crippen LogP contribution in [0.2, 0.25) is 0 Å². The highest BCUT2D eigenvalue weighted by molar-refractivity contribution is 6.06. The van der Waals surface area contributed by atoms with Crippen LogP contribution in [0.5, 0.6) is 0 Å². The predicted octanol–water partition coefficient (Wildman–Crippen LogP) is -2.19. The van der Waals surface area contributed by atoms with Crippen molar-refractivity contribution in [2.75, 3.05) is 0 Å². The van der Waals surface area contributed by atoms with Gasteiger partial charge in [-0.05, 0) is 0 Å². The molecule has 60 valence electrons. The molecule has 0 unspecified atom stereocenters. The van der Waals surface area contributed by atoms with Gasteiger partial charge in [0.1, 0.15) is 5.52 Å². The smallest absolute Gasteiger partial charge is 0.363 e. The Balaban J connectivity index is 3.16. The first kappa shape index (κ1) is 7.34. The Labute approximate surface area is 73.9 Å². The molecule has 0 aliphatic rings. The Morgan fingerprint density at radius 2 is 2.25 bits per heavy atom. The first-order valence-corrected chi connectivity index (χ1v) is 4.22. The quantitative estimate of drug-likeness (QED) is 0.451. The molecular formula is C5H5AlN4O2. The molecule has 0 saturated heterocycles. The molecular weight excluding hydrogens is 175 g/mol. The average molecular weight is 180 g/mol. The molecule has 0 aromatic carbocycles. The summed E-state index contributed by atoms with van der Waals surface area (Å²) in [4.78, 5) is 31.3. The van der Waals surface area contributed by atoms with Crippen molar-refractivity contribution in [3.8, 4) is 0 Å². The zero-order chi connectivity index (χ0) is 8.72. The summed E-state index contributed by atoms with van der Waals surface area (Å²) in [7, 11) is 0. The Kier molecular flexibility index (Phi) is 1.43. The topological polar surface area (TPSA) is 83.5 Å². The molecule has 0 spiro atoms. The standard InChI is InChI=1S/C5H4N4O2.Al.2H/c10-4-2-3(7-1-6-2)8-5(11)9-4;;;/h1H,(H3,6,7,8,9,10,11);;;/q;+1;;/p-1. The third kappa shape index (κ3) is 0.841. The van der Waals surface area contributed by atoms with Crippen LogP contribution in [0, 0.1) is 0 Å². The van der Waals surface area contributed by atoms with Crippen molar-refractivity contribution >= 4 is 27.7 Å². The van der Waals surface area contributed by atoms with Crippen LogP contribution in [0.15, 0.2) is 15.9 Å². The van der Waals surface area contributed by atoms with Gasteiger partial charge in [-0.3, -0.25) is 14.6 Å². The van der Waals surface area contributed by atoms with E-state index in [-0.39, 0.29) is 5.56 Å². The van der Waals surface area contributed by atoms with Gasteiger partial charge in [-0.1, -0.05) is 0 Å². The second kappa shape index (κ2) is 2.33. The predicted molar refractivity (Wildman–Crippen MR) is 44.9 cm³/mol. The van der Waals surface area contributed by atoms with Gasteiger partial charge in [0.25, 0.3) is 5.56 Å². The number of imidazole rings is 1. The van der Waals surface area contributed by atoms with Crippen LogP contribution in [0.25, 0.3) is 11.2 Å². The van der Waals surface area contributed by atoms with Gasteiger partial charge in [-0.2, -0.15) is 0 Å². The largest absolute Gasteiger partial charge is 0.383 e. The normalized spacial score (nSPS) is 10.7. The van der Waals surface area contributed by atoms with E-state index in [1.54, 1.807) is 0 Å². The number of nitrogens with zero attached hydrogens (tertiary/aromatic N) is 2. The lowest BCUT2D eigenvalue weighted by Crippen LogP contribution is -2.33. The van der Waals surface area contributed by atoms with Crippen molar-refractivity contribution in [1.29, 1.82) is 0 Å². The molecule has 2 N–H and O–H groups in total. The third-order valence-electron chi connectivity index (χ3n) is 1.69. The Bertz CT molecular complexity index is 536. The Morgan fingerprint density at radius 3 is 3.00 bits per heavy atom. The maximum absolute atomic E-state index is 11.3. The first-order valence-electron chi connectivity index (χ1n) is 3.32. The van der Waals surface area contributed by atoms with Gasteiger partial charge in [-0.25, -0.2) is 4.98 Å². The Morgan fingerprint density at radius 1 is 1.50 bits per heavy atom. The van der Waals surface area contributed by atoms with Crippen molar-refractivity contribution < 1.29 is 0 Å². The summed E-state index contributed by atoms with van der Waals surface area (Å²) in [5.41, 5.74) is -0.0362. The molecule has 7 heteroatoms. The van der Waals surface area contributed by atoms with Crippen molar-refractivity contribution in [2.24, 2.45) is 0 Å². The fourth-order valence-electron chi connectivity index (χ4n) is 0.997. The third-order valence-corrected chi connectivity index (χ3v) is 2.50. The summed E-state index contributed by atoms with van der Waals surface area (Å²) in [6.07, 6.45) is 1.38. The number of rotatable bonds is 0. The zero-order valence-corrected chi connectivity index (χ0v) is 8.29. The lowest BCUT2D eigenvalue weighted by molar-refractivity contribution is 0.992. The Hall–Kier alpha value is -1.32. The summed E-state index contributed by atoms with van der Waals surface area (Å²) in [5, 5.41) is 0. The molecule has 0 saturated carbocycles. The lowest BCUT2D eigenvalue weighted by Gasteiger charge is -1.94. The fraction of sp³-hybridized carbons (Fsp3) is 0. The van der Waals surface area contributed by atoms with Crippen molar-refractivity contribution in [1.82, 2.24) is 18.5 Å². The van der Waals surface area contributed by atoms with Crippen LogP contribution in [0.4, 0.5) is 0 Å². The van der Waals surface area contributed by atoms with E-state index in [1.807, 2.05) is 0 Å². The fourth-order valence-corrected chi connectivity index (χ4v) is 1.33. The number of fused-ring (bicyclic) bond motifs is 1. The first-order chi connectivity index (χ1) is 5.70. The minimum absolute atomic E-state index is 0.307. The van der Waals surface area contributed by atoms with E-state index in [0.29, 0.717) is 27.7 Å². The molecule has 0 fully saturated rings. The minimum atomic E-state index is -0.397. The van der Waals surface area contributed by atoms with E-state index in [2.05, 4.69) is 15.0 Å². The van der Waals surface area contributed by atoms with Gasteiger partial charge in [0, 0.05) is 0 Å². The van der Waals surface area contributed by atoms with Gasteiger partial charge < -0.3 is 8.53 Å². The molecule has 0 atom stereocenters. The second-order valence-electron chi connectivity index (χ2n) is 2.42. The highest BCUT2D eigenvalue weighted by atomic mass is 27.1. The molecule has 0 aliphatic heterocycles.